The van der Waals surface area contributed by atoms with Gasteiger partial charge in [-0.2, -0.15) is 17.8 Å². The largest absolute Gasteiger partial charge is 0.439 e. The number of hydrogen-bond donors (Lipinski definition) is 3. The molecule has 43 heavy (non-hydrogen) atoms. The van der Waals surface area contributed by atoms with E-state index >= 15 is 0 Å². The number of morpholine rings is 1. The number of aryl methyl sites for hydroxylation is 2. The van der Waals surface area contributed by atoms with Crippen LogP contribution in [0.4, 0.5) is 15.9 Å². The Labute approximate surface area is 246 Å². The molecular weight excluding hydrogens is 577 g/mol. The molecule has 1 aliphatic heterocycles. The highest BCUT2D eigenvalue weighted by Gasteiger charge is 2.25. The van der Waals surface area contributed by atoms with E-state index in [0.29, 0.717) is 47.3 Å². The van der Waals surface area contributed by atoms with Crippen LogP contribution in [-0.4, -0.2) is 64.6 Å². The number of rotatable bonds is 8. The number of ketones is 1. The summed E-state index contributed by atoms with van der Waals surface area (Å²) >= 11 is 0. The molecule has 14 heteroatoms. The lowest BCUT2D eigenvalue weighted by atomic mass is 10.1. The highest BCUT2D eigenvalue weighted by Crippen LogP contribution is 2.29. The van der Waals surface area contributed by atoms with Gasteiger partial charge in [-0.15, -0.1) is 0 Å². The van der Waals surface area contributed by atoms with Gasteiger partial charge in [-0.25, -0.2) is 14.1 Å². The van der Waals surface area contributed by atoms with E-state index in [0.717, 1.165) is 10.9 Å². The van der Waals surface area contributed by atoms with Crippen molar-refractivity contribution in [3.63, 3.8) is 0 Å². The molecule has 4 N–H and O–H groups in total. The minimum absolute atomic E-state index is 0.121. The topological polar surface area (TPSA) is 157 Å². The molecule has 1 saturated heterocycles. The third kappa shape index (κ3) is 5.67. The number of nitrogens with one attached hydrogen (secondary N) is 2. The second-order valence-corrected chi connectivity index (χ2v) is 11.8. The number of nitrogen functional groups attached to an aromatic ring is 1. The standard InChI is InChI=1S/C29H28FN7O5S/c1-17-11-19-13-25(34-24(19)14-23(17)35-43(39,40)36-7-9-41-10-8-36)28(38)22-15-33-37(29(22)31)26-16-32-27(12-18(26)2)42-21-5-3-20(30)4-6-21/h3-6,11-16,34-35H,7-10,31H2,1-2H3. The van der Waals surface area contributed by atoms with Crippen molar-refractivity contribution in [1.29, 1.82) is 0 Å². The predicted octanol–water partition coefficient (Wildman–Crippen LogP) is 4.10. The molecule has 12 nitrogen and oxygen atoms in total. The zero-order valence-electron chi connectivity index (χ0n) is 23.3. The van der Waals surface area contributed by atoms with E-state index in [1.165, 1.54) is 45.6 Å². The fourth-order valence-electron chi connectivity index (χ4n) is 4.81. The second-order valence-electron chi connectivity index (χ2n) is 10.1. The van der Waals surface area contributed by atoms with E-state index in [2.05, 4.69) is 19.8 Å². The number of hydrogen-bond acceptors (Lipinski definition) is 8. The number of fused-ring (bicyclic) bond motifs is 1. The van der Waals surface area contributed by atoms with E-state index in [4.69, 9.17) is 15.2 Å². The quantitative estimate of drug-likeness (QED) is 0.223. The fourth-order valence-corrected chi connectivity index (χ4v) is 6.07. The van der Waals surface area contributed by atoms with Gasteiger partial charge in [0.25, 0.3) is 0 Å². The Hall–Kier alpha value is -4.79. The minimum atomic E-state index is -3.76. The number of pyridine rings is 1. The Morgan fingerprint density at radius 3 is 2.53 bits per heavy atom. The average molecular weight is 606 g/mol. The molecule has 222 valence electrons. The number of nitrogens with two attached hydrogens (primary N) is 1. The summed E-state index contributed by atoms with van der Waals surface area (Å²) in [6.07, 6.45) is 2.91. The third-order valence-corrected chi connectivity index (χ3v) is 8.66. The molecular formula is C29H28FN7O5S. The second kappa shape index (κ2) is 11.1. The Balaban J connectivity index is 1.23. The van der Waals surface area contributed by atoms with Gasteiger partial charge in [-0.1, -0.05) is 0 Å². The van der Waals surface area contributed by atoms with Gasteiger partial charge in [-0.05, 0) is 67.4 Å². The molecule has 0 bridgehead atoms. The first kappa shape index (κ1) is 28.3. The van der Waals surface area contributed by atoms with Crippen LogP contribution in [-0.2, 0) is 14.9 Å². The molecule has 3 aromatic heterocycles. The van der Waals surface area contributed by atoms with Gasteiger partial charge in [0, 0.05) is 30.1 Å². The lowest BCUT2D eigenvalue weighted by Gasteiger charge is -2.26. The van der Waals surface area contributed by atoms with Crippen LogP contribution in [0, 0.1) is 19.7 Å². The van der Waals surface area contributed by atoms with Crippen LogP contribution in [0.1, 0.15) is 27.2 Å². The van der Waals surface area contributed by atoms with E-state index in [9.17, 15) is 17.6 Å². The average Bonchev–Trinajstić information content (AvgIpc) is 3.57. The lowest BCUT2D eigenvalue weighted by Crippen LogP contribution is -2.43. The normalized spacial score (nSPS) is 14.2. The number of aromatic nitrogens is 4. The van der Waals surface area contributed by atoms with Crippen molar-refractivity contribution in [3.05, 3.63) is 89.1 Å². The number of halogens is 1. The van der Waals surface area contributed by atoms with E-state index in [1.807, 2.05) is 6.92 Å². The van der Waals surface area contributed by atoms with Crippen LogP contribution in [0.25, 0.3) is 16.6 Å². The summed E-state index contributed by atoms with van der Waals surface area (Å²) in [4.78, 5) is 20.9. The van der Waals surface area contributed by atoms with Gasteiger partial charge in [-0.3, -0.25) is 9.52 Å². The summed E-state index contributed by atoms with van der Waals surface area (Å²) in [5.74, 6) is 0.106. The lowest BCUT2D eigenvalue weighted by molar-refractivity contribution is 0.0733. The first-order valence-electron chi connectivity index (χ1n) is 13.4. The number of H-pyrrole nitrogens is 1. The molecule has 0 radical (unpaired) electrons. The van der Waals surface area contributed by atoms with Gasteiger partial charge in [0.2, 0.25) is 11.7 Å². The van der Waals surface area contributed by atoms with Gasteiger partial charge in [0.15, 0.2) is 0 Å². The molecule has 2 aromatic carbocycles. The van der Waals surface area contributed by atoms with E-state index < -0.39 is 10.2 Å². The smallest absolute Gasteiger partial charge is 0.301 e. The molecule has 0 amide bonds. The summed E-state index contributed by atoms with van der Waals surface area (Å²) < 4.78 is 55.3. The molecule has 5 aromatic rings. The number of aromatic amines is 1. The molecule has 0 saturated carbocycles. The van der Waals surface area contributed by atoms with Crippen molar-refractivity contribution < 1.29 is 27.1 Å². The fraction of sp³-hybridized carbons (Fsp3) is 0.207. The van der Waals surface area contributed by atoms with E-state index in [1.54, 1.807) is 31.2 Å². The Bertz CT molecular complexity index is 1950. The van der Waals surface area contributed by atoms with Crippen LogP contribution >= 0.6 is 0 Å². The molecule has 4 heterocycles. The minimum Gasteiger partial charge on any atom is -0.439 e. The summed E-state index contributed by atoms with van der Waals surface area (Å²) in [6.45, 7) is 4.84. The summed E-state index contributed by atoms with van der Waals surface area (Å²) in [5.41, 5.74) is 9.80. The van der Waals surface area contributed by atoms with Gasteiger partial charge >= 0.3 is 10.2 Å². The number of benzene rings is 2. The first-order valence-corrected chi connectivity index (χ1v) is 14.8. The van der Waals surface area contributed by atoms with Crippen molar-refractivity contribution in [1.82, 2.24) is 24.1 Å². The van der Waals surface area contributed by atoms with Crippen molar-refractivity contribution in [2.75, 3.05) is 36.8 Å². The molecule has 6 rings (SSSR count). The molecule has 1 aliphatic rings. The van der Waals surface area contributed by atoms with Crippen molar-refractivity contribution in [2.24, 2.45) is 0 Å². The maximum atomic E-state index is 13.5. The molecule has 0 unspecified atom stereocenters. The molecule has 0 spiro atoms. The Morgan fingerprint density at radius 1 is 1.07 bits per heavy atom. The van der Waals surface area contributed by atoms with Gasteiger partial charge in [0.1, 0.15) is 17.4 Å². The van der Waals surface area contributed by atoms with Crippen molar-refractivity contribution >= 4 is 38.4 Å². The summed E-state index contributed by atoms with van der Waals surface area (Å²) in [7, 11) is -3.76. The highest BCUT2D eigenvalue weighted by atomic mass is 32.2. The first-order chi connectivity index (χ1) is 20.6. The van der Waals surface area contributed by atoms with Gasteiger partial charge < -0.3 is 20.2 Å². The van der Waals surface area contributed by atoms with Crippen molar-refractivity contribution in [2.45, 2.75) is 13.8 Å². The number of ether oxygens (including phenoxy) is 2. The van der Waals surface area contributed by atoms with Crippen LogP contribution < -0.4 is 15.2 Å². The predicted molar refractivity (Wildman–Crippen MR) is 158 cm³/mol. The molecule has 0 atom stereocenters. The number of carbonyl (C=O) groups is 1. The monoisotopic (exact) mass is 605 g/mol. The maximum Gasteiger partial charge on any atom is 0.301 e. The van der Waals surface area contributed by atoms with Gasteiger partial charge in [0.05, 0.1) is 48.2 Å². The van der Waals surface area contributed by atoms with Crippen molar-refractivity contribution in [3.8, 4) is 17.3 Å². The van der Waals surface area contributed by atoms with Crippen LogP contribution in [0.5, 0.6) is 11.6 Å². The summed E-state index contributed by atoms with van der Waals surface area (Å²) in [5, 5.41) is 5.06. The third-order valence-electron chi connectivity index (χ3n) is 7.13. The maximum absolute atomic E-state index is 13.5. The number of carbonyl (C=O) groups excluding carboxylic acids is 1. The molecule has 0 aliphatic carbocycles. The summed E-state index contributed by atoms with van der Waals surface area (Å²) in [6, 6.07) is 12.4. The molecule has 1 fully saturated rings. The number of nitrogens with zero attached hydrogens (tertiary/aromatic N) is 4. The van der Waals surface area contributed by atoms with Crippen LogP contribution in [0.15, 0.2) is 60.9 Å². The SMILES string of the molecule is Cc1cc2cc(C(=O)c3cnn(-c4cnc(Oc5ccc(F)cc5)cc4C)c3N)[nH]c2cc1NS(=O)(=O)N1CCOCC1. The zero-order valence-corrected chi connectivity index (χ0v) is 24.1. The van der Waals surface area contributed by atoms with Crippen LogP contribution in [0.3, 0.4) is 0 Å². The Morgan fingerprint density at radius 2 is 1.81 bits per heavy atom. The zero-order chi connectivity index (χ0) is 30.3. The number of anilines is 2. The Kier molecular flexibility index (Phi) is 7.33. The van der Waals surface area contributed by atoms with E-state index in [-0.39, 0.29) is 41.8 Å². The highest BCUT2D eigenvalue weighted by molar-refractivity contribution is 7.90. The van der Waals surface area contributed by atoms with Crippen LogP contribution in [0.2, 0.25) is 0 Å².